The molecule has 0 saturated carbocycles. The molecule has 74 valence electrons. The maximum atomic E-state index is 3.48. The van der Waals surface area contributed by atoms with Gasteiger partial charge >= 0.3 is 0 Å². The SMILES string of the molecule is CNCc1cc2cc(Br)ccc2n1C. The summed E-state index contributed by atoms with van der Waals surface area (Å²) in [5.41, 5.74) is 2.58. The van der Waals surface area contributed by atoms with Crippen molar-refractivity contribution < 1.29 is 0 Å². The molecule has 1 aromatic carbocycles. The molecule has 0 saturated heterocycles. The van der Waals surface area contributed by atoms with Crippen molar-refractivity contribution >= 4 is 26.8 Å². The van der Waals surface area contributed by atoms with Crippen molar-refractivity contribution in [2.24, 2.45) is 7.05 Å². The summed E-state index contributed by atoms with van der Waals surface area (Å²) in [6.07, 6.45) is 0. The Morgan fingerprint density at radius 3 is 2.86 bits per heavy atom. The lowest BCUT2D eigenvalue weighted by molar-refractivity contribution is 0.745. The second-order valence-corrected chi connectivity index (χ2v) is 4.34. The summed E-state index contributed by atoms with van der Waals surface area (Å²) in [6.45, 7) is 0.906. The van der Waals surface area contributed by atoms with Crippen LogP contribution in [0.25, 0.3) is 10.9 Å². The van der Waals surface area contributed by atoms with E-state index in [1.807, 2.05) is 7.05 Å². The number of aromatic nitrogens is 1. The second-order valence-electron chi connectivity index (χ2n) is 3.43. The van der Waals surface area contributed by atoms with Gasteiger partial charge in [-0.05, 0) is 31.3 Å². The molecule has 0 spiro atoms. The molecular weight excluding hydrogens is 240 g/mol. The van der Waals surface area contributed by atoms with E-state index in [-0.39, 0.29) is 0 Å². The highest BCUT2D eigenvalue weighted by molar-refractivity contribution is 9.10. The summed E-state index contributed by atoms with van der Waals surface area (Å²) in [5.74, 6) is 0. The number of nitrogens with zero attached hydrogens (tertiary/aromatic N) is 1. The summed E-state index contributed by atoms with van der Waals surface area (Å²) in [6, 6.07) is 8.58. The molecule has 2 rings (SSSR count). The van der Waals surface area contributed by atoms with Crippen LogP contribution >= 0.6 is 15.9 Å². The fraction of sp³-hybridized carbons (Fsp3) is 0.273. The van der Waals surface area contributed by atoms with Crippen LogP contribution in [0.15, 0.2) is 28.7 Å². The molecule has 1 heterocycles. The molecule has 2 nitrogen and oxygen atoms in total. The van der Waals surface area contributed by atoms with Crippen molar-refractivity contribution in [1.29, 1.82) is 0 Å². The van der Waals surface area contributed by atoms with Gasteiger partial charge in [0, 0.05) is 34.7 Å². The van der Waals surface area contributed by atoms with Gasteiger partial charge in [-0.2, -0.15) is 0 Å². The smallest absolute Gasteiger partial charge is 0.0481 e. The monoisotopic (exact) mass is 252 g/mol. The average molecular weight is 253 g/mol. The Morgan fingerprint density at radius 1 is 1.36 bits per heavy atom. The van der Waals surface area contributed by atoms with E-state index in [0.717, 1.165) is 11.0 Å². The van der Waals surface area contributed by atoms with E-state index in [2.05, 4.69) is 57.1 Å². The van der Waals surface area contributed by atoms with E-state index in [0.29, 0.717) is 0 Å². The first-order valence-electron chi connectivity index (χ1n) is 4.61. The van der Waals surface area contributed by atoms with Gasteiger partial charge in [-0.15, -0.1) is 0 Å². The highest BCUT2D eigenvalue weighted by Gasteiger charge is 2.04. The standard InChI is InChI=1S/C11H13BrN2/c1-13-7-10-6-8-5-9(12)3-4-11(8)14(10)2/h3-6,13H,7H2,1-2H3. The van der Waals surface area contributed by atoms with Gasteiger partial charge in [0.05, 0.1) is 0 Å². The summed E-state index contributed by atoms with van der Waals surface area (Å²) in [4.78, 5) is 0. The number of hydrogen-bond donors (Lipinski definition) is 1. The molecule has 0 bridgehead atoms. The van der Waals surface area contributed by atoms with Gasteiger partial charge in [-0.1, -0.05) is 15.9 Å². The van der Waals surface area contributed by atoms with Crippen LogP contribution in [0.4, 0.5) is 0 Å². The minimum atomic E-state index is 0.906. The van der Waals surface area contributed by atoms with Gasteiger partial charge in [-0.3, -0.25) is 0 Å². The third kappa shape index (κ3) is 1.57. The Balaban J connectivity index is 2.61. The van der Waals surface area contributed by atoms with E-state index in [1.165, 1.54) is 16.6 Å². The number of nitrogens with one attached hydrogen (secondary N) is 1. The Kier molecular flexibility index (Phi) is 2.61. The summed E-state index contributed by atoms with van der Waals surface area (Å²) in [5, 5.41) is 4.45. The van der Waals surface area contributed by atoms with Crippen LogP contribution in [0, 0.1) is 0 Å². The average Bonchev–Trinajstić information content (AvgIpc) is 2.44. The molecule has 1 N–H and O–H groups in total. The molecule has 0 amide bonds. The maximum absolute atomic E-state index is 3.48. The molecule has 0 aliphatic heterocycles. The third-order valence-electron chi connectivity index (χ3n) is 2.46. The fourth-order valence-corrected chi connectivity index (χ4v) is 2.11. The Morgan fingerprint density at radius 2 is 2.14 bits per heavy atom. The number of benzene rings is 1. The van der Waals surface area contributed by atoms with Crippen molar-refractivity contribution in [3.63, 3.8) is 0 Å². The molecule has 0 unspecified atom stereocenters. The lowest BCUT2D eigenvalue weighted by Gasteiger charge is -2.02. The zero-order chi connectivity index (χ0) is 10.1. The quantitative estimate of drug-likeness (QED) is 0.870. The first-order valence-corrected chi connectivity index (χ1v) is 5.40. The van der Waals surface area contributed by atoms with Crippen molar-refractivity contribution in [3.8, 4) is 0 Å². The molecule has 0 aliphatic carbocycles. The second kappa shape index (κ2) is 3.75. The maximum Gasteiger partial charge on any atom is 0.0481 e. The largest absolute Gasteiger partial charge is 0.346 e. The fourth-order valence-electron chi connectivity index (χ4n) is 1.73. The van der Waals surface area contributed by atoms with E-state index in [1.54, 1.807) is 0 Å². The van der Waals surface area contributed by atoms with Crippen LogP contribution < -0.4 is 5.32 Å². The van der Waals surface area contributed by atoms with Crippen LogP contribution in [-0.4, -0.2) is 11.6 Å². The van der Waals surface area contributed by atoms with Crippen molar-refractivity contribution in [3.05, 3.63) is 34.4 Å². The van der Waals surface area contributed by atoms with Gasteiger partial charge in [0.15, 0.2) is 0 Å². The Labute approximate surface area is 92.0 Å². The first kappa shape index (κ1) is 9.74. The number of fused-ring (bicyclic) bond motifs is 1. The lowest BCUT2D eigenvalue weighted by Crippen LogP contribution is -2.08. The highest BCUT2D eigenvalue weighted by atomic mass is 79.9. The normalized spacial score (nSPS) is 11.1. The van der Waals surface area contributed by atoms with Crippen LogP contribution in [0.1, 0.15) is 5.69 Å². The van der Waals surface area contributed by atoms with Gasteiger partial charge in [0.25, 0.3) is 0 Å². The topological polar surface area (TPSA) is 17.0 Å². The van der Waals surface area contributed by atoms with E-state index in [9.17, 15) is 0 Å². The predicted molar refractivity (Wildman–Crippen MR) is 63.4 cm³/mol. The first-order chi connectivity index (χ1) is 6.72. The minimum absolute atomic E-state index is 0.906. The Bertz CT molecular complexity index is 460. The zero-order valence-corrected chi connectivity index (χ0v) is 9.93. The van der Waals surface area contributed by atoms with Crippen molar-refractivity contribution in [2.75, 3.05) is 7.05 Å². The summed E-state index contributed by atoms with van der Waals surface area (Å²) >= 11 is 3.48. The predicted octanol–water partition coefficient (Wildman–Crippen LogP) is 2.66. The Hall–Kier alpha value is -0.800. The number of aryl methyl sites for hydroxylation is 1. The molecule has 0 atom stereocenters. The lowest BCUT2D eigenvalue weighted by atomic mass is 10.2. The molecular formula is C11H13BrN2. The molecule has 0 radical (unpaired) electrons. The van der Waals surface area contributed by atoms with Crippen LogP contribution in [0.2, 0.25) is 0 Å². The van der Waals surface area contributed by atoms with Crippen LogP contribution in [0.3, 0.4) is 0 Å². The number of rotatable bonds is 2. The van der Waals surface area contributed by atoms with E-state index < -0.39 is 0 Å². The summed E-state index contributed by atoms with van der Waals surface area (Å²) in [7, 11) is 4.07. The highest BCUT2D eigenvalue weighted by Crippen LogP contribution is 2.22. The molecule has 0 fully saturated rings. The van der Waals surface area contributed by atoms with Crippen molar-refractivity contribution in [2.45, 2.75) is 6.54 Å². The number of hydrogen-bond acceptors (Lipinski definition) is 1. The van der Waals surface area contributed by atoms with E-state index in [4.69, 9.17) is 0 Å². The number of halogens is 1. The van der Waals surface area contributed by atoms with Gasteiger partial charge < -0.3 is 9.88 Å². The zero-order valence-electron chi connectivity index (χ0n) is 8.34. The van der Waals surface area contributed by atoms with Gasteiger partial charge in [-0.25, -0.2) is 0 Å². The molecule has 1 aromatic heterocycles. The molecule has 14 heavy (non-hydrogen) atoms. The minimum Gasteiger partial charge on any atom is -0.346 e. The van der Waals surface area contributed by atoms with E-state index >= 15 is 0 Å². The molecule has 2 aromatic rings. The van der Waals surface area contributed by atoms with Gasteiger partial charge in [0.1, 0.15) is 0 Å². The van der Waals surface area contributed by atoms with Gasteiger partial charge in [0.2, 0.25) is 0 Å². The molecule has 0 aliphatic rings. The molecule has 3 heteroatoms. The van der Waals surface area contributed by atoms with Crippen LogP contribution in [-0.2, 0) is 13.6 Å². The van der Waals surface area contributed by atoms with Crippen LogP contribution in [0.5, 0.6) is 0 Å². The van der Waals surface area contributed by atoms with Crippen molar-refractivity contribution in [1.82, 2.24) is 9.88 Å². The third-order valence-corrected chi connectivity index (χ3v) is 2.96. The summed E-state index contributed by atoms with van der Waals surface area (Å²) < 4.78 is 3.35.